The first-order valence-electron chi connectivity index (χ1n) is 7.21. The SMILES string of the molecule is CC(C)COc1ccc(CCC(=O)Nc2ncn[nH]2)cc1N. The smallest absolute Gasteiger partial charge is 0.227 e. The van der Waals surface area contributed by atoms with E-state index in [1.807, 2.05) is 18.2 Å². The number of hydrogen-bond donors (Lipinski definition) is 3. The first-order chi connectivity index (χ1) is 10.5. The average molecular weight is 303 g/mol. The van der Waals surface area contributed by atoms with Crippen LogP contribution in [0.3, 0.4) is 0 Å². The van der Waals surface area contributed by atoms with Gasteiger partial charge in [0.2, 0.25) is 11.9 Å². The molecule has 0 aliphatic rings. The molecule has 4 N–H and O–H groups in total. The van der Waals surface area contributed by atoms with Crippen molar-refractivity contribution >= 4 is 17.5 Å². The Bertz CT molecular complexity index is 610. The first kappa shape index (κ1) is 15.8. The van der Waals surface area contributed by atoms with Gasteiger partial charge in [-0.3, -0.25) is 10.1 Å². The van der Waals surface area contributed by atoms with Crippen LogP contribution in [0.4, 0.5) is 11.6 Å². The van der Waals surface area contributed by atoms with Crippen molar-refractivity contribution in [2.75, 3.05) is 17.7 Å². The molecule has 0 fully saturated rings. The lowest BCUT2D eigenvalue weighted by molar-refractivity contribution is -0.116. The molecule has 0 unspecified atom stereocenters. The maximum atomic E-state index is 11.8. The normalized spacial score (nSPS) is 10.7. The van der Waals surface area contributed by atoms with E-state index in [1.54, 1.807) is 0 Å². The maximum absolute atomic E-state index is 11.8. The van der Waals surface area contributed by atoms with Gasteiger partial charge in [0.15, 0.2) is 0 Å². The fraction of sp³-hybridized carbons (Fsp3) is 0.400. The van der Waals surface area contributed by atoms with E-state index in [9.17, 15) is 4.79 Å². The van der Waals surface area contributed by atoms with Gasteiger partial charge in [0, 0.05) is 6.42 Å². The van der Waals surface area contributed by atoms with Crippen molar-refractivity contribution < 1.29 is 9.53 Å². The number of nitrogens with two attached hydrogens (primary N) is 1. The third-order valence-corrected chi connectivity index (χ3v) is 2.96. The highest BCUT2D eigenvalue weighted by Gasteiger charge is 2.07. The lowest BCUT2D eigenvalue weighted by Crippen LogP contribution is -2.13. The zero-order chi connectivity index (χ0) is 15.9. The molecular formula is C15H21N5O2. The highest BCUT2D eigenvalue weighted by molar-refractivity contribution is 5.88. The summed E-state index contributed by atoms with van der Waals surface area (Å²) in [6, 6.07) is 5.62. The van der Waals surface area contributed by atoms with E-state index < -0.39 is 0 Å². The third-order valence-electron chi connectivity index (χ3n) is 2.96. The largest absolute Gasteiger partial charge is 0.491 e. The molecule has 0 spiro atoms. The third kappa shape index (κ3) is 4.76. The van der Waals surface area contributed by atoms with Crippen LogP contribution in [-0.2, 0) is 11.2 Å². The molecule has 1 aromatic heterocycles. The summed E-state index contributed by atoms with van der Waals surface area (Å²) in [4.78, 5) is 15.6. The number of aromatic amines is 1. The molecule has 1 amide bonds. The van der Waals surface area contributed by atoms with E-state index in [0.29, 0.717) is 42.8 Å². The molecule has 7 nitrogen and oxygen atoms in total. The molecule has 118 valence electrons. The van der Waals surface area contributed by atoms with Crippen LogP contribution in [0.5, 0.6) is 5.75 Å². The van der Waals surface area contributed by atoms with Crippen molar-refractivity contribution in [1.29, 1.82) is 0 Å². The molecule has 22 heavy (non-hydrogen) atoms. The summed E-state index contributed by atoms with van der Waals surface area (Å²) < 4.78 is 5.63. The number of aryl methyl sites for hydroxylation is 1. The van der Waals surface area contributed by atoms with Gasteiger partial charge >= 0.3 is 0 Å². The summed E-state index contributed by atoms with van der Waals surface area (Å²) in [6.07, 6.45) is 2.27. The number of H-pyrrole nitrogens is 1. The number of nitrogens with one attached hydrogen (secondary N) is 2. The number of hydrogen-bond acceptors (Lipinski definition) is 5. The Morgan fingerprint density at radius 1 is 1.45 bits per heavy atom. The Labute approximate surface area is 129 Å². The number of carbonyl (C=O) groups is 1. The first-order valence-corrected chi connectivity index (χ1v) is 7.21. The average Bonchev–Trinajstić information content (AvgIpc) is 2.96. The van der Waals surface area contributed by atoms with Gasteiger partial charge in [0.25, 0.3) is 0 Å². The van der Waals surface area contributed by atoms with E-state index in [0.717, 1.165) is 5.56 Å². The number of ether oxygens (including phenoxy) is 1. The summed E-state index contributed by atoms with van der Waals surface area (Å²) in [5, 5.41) is 8.87. The van der Waals surface area contributed by atoms with Crippen molar-refractivity contribution in [2.24, 2.45) is 5.92 Å². The molecule has 0 aliphatic carbocycles. The Balaban J connectivity index is 1.85. The molecule has 0 saturated heterocycles. The number of anilines is 2. The molecule has 0 bridgehead atoms. The highest BCUT2D eigenvalue weighted by Crippen LogP contribution is 2.23. The van der Waals surface area contributed by atoms with Gasteiger partial charge in [-0.25, -0.2) is 5.10 Å². The predicted molar refractivity (Wildman–Crippen MR) is 84.5 cm³/mol. The summed E-state index contributed by atoms with van der Waals surface area (Å²) in [6.45, 7) is 4.79. The topological polar surface area (TPSA) is 106 Å². The molecule has 2 rings (SSSR count). The van der Waals surface area contributed by atoms with Gasteiger partial charge in [-0.15, -0.1) is 0 Å². The van der Waals surface area contributed by atoms with Crippen LogP contribution >= 0.6 is 0 Å². The Hall–Kier alpha value is -2.57. The van der Waals surface area contributed by atoms with Gasteiger partial charge < -0.3 is 10.5 Å². The second-order valence-electron chi connectivity index (χ2n) is 5.46. The number of amides is 1. The fourth-order valence-corrected chi connectivity index (χ4v) is 1.86. The van der Waals surface area contributed by atoms with Crippen LogP contribution in [0.2, 0.25) is 0 Å². The second-order valence-corrected chi connectivity index (χ2v) is 5.46. The van der Waals surface area contributed by atoms with Crippen molar-refractivity contribution in [2.45, 2.75) is 26.7 Å². The van der Waals surface area contributed by atoms with Crippen molar-refractivity contribution in [1.82, 2.24) is 15.2 Å². The minimum Gasteiger partial charge on any atom is -0.491 e. The summed E-state index contributed by atoms with van der Waals surface area (Å²) >= 11 is 0. The number of nitrogens with zero attached hydrogens (tertiary/aromatic N) is 2. The lowest BCUT2D eigenvalue weighted by Gasteiger charge is -2.12. The Morgan fingerprint density at radius 3 is 2.91 bits per heavy atom. The molecular weight excluding hydrogens is 282 g/mol. The van der Waals surface area contributed by atoms with E-state index in [2.05, 4.69) is 34.3 Å². The number of benzene rings is 1. The lowest BCUT2D eigenvalue weighted by atomic mass is 10.1. The Kier molecular flexibility index (Phi) is 5.35. The van der Waals surface area contributed by atoms with E-state index >= 15 is 0 Å². The van der Waals surface area contributed by atoms with Gasteiger partial charge in [-0.2, -0.15) is 10.1 Å². The summed E-state index contributed by atoms with van der Waals surface area (Å²) in [5.41, 5.74) is 7.55. The molecule has 1 aromatic carbocycles. The van der Waals surface area contributed by atoms with E-state index in [4.69, 9.17) is 10.5 Å². The Morgan fingerprint density at radius 2 is 2.27 bits per heavy atom. The molecule has 0 saturated carbocycles. The number of rotatable bonds is 7. The minimum absolute atomic E-state index is 0.129. The van der Waals surface area contributed by atoms with Crippen LogP contribution in [0.25, 0.3) is 0 Å². The van der Waals surface area contributed by atoms with Crippen LogP contribution < -0.4 is 15.8 Å². The minimum atomic E-state index is -0.129. The summed E-state index contributed by atoms with van der Waals surface area (Å²) in [7, 11) is 0. The fourth-order valence-electron chi connectivity index (χ4n) is 1.86. The maximum Gasteiger partial charge on any atom is 0.227 e. The number of aromatic nitrogens is 3. The van der Waals surface area contributed by atoms with Gasteiger partial charge in [-0.1, -0.05) is 19.9 Å². The van der Waals surface area contributed by atoms with Crippen LogP contribution in [0, 0.1) is 5.92 Å². The van der Waals surface area contributed by atoms with E-state index in [1.165, 1.54) is 6.33 Å². The van der Waals surface area contributed by atoms with Crippen molar-refractivity contribution in [3.8, 4) is 5.75 Å². The molecule has 0 radical (unpaired) electrons. The van der Waals surface area contributed by atoms with Crippen LogP contribution in [-0.4, -0.2) is 27.7 Å². The van der Waals surface area contributed by atoms with E-state index in [-0.39, 0.29) is 5.91 Å². The standard InChI is InChI=1S/C15H21N5O2/c1-10(2)8-22-13-5-3-11(7-12(13)16)4-6-14(21)19-15-17-9-18-20-15/h3,5,7,9-10H,4,6,8,16H2,1-2H3,(H2,17,18,19,20,21). The van der Waals surface area contributed by atoms with Crippen molar-refractivity contribution in [3.05, 3.63) is 30.1 Å². The monoisotopic (exact) mass is 303 g/mol. The molecule has 1 heterocycles. The molecule has 7 heteroatoms. The number of nitrogen functional groups attached to an aromatic ring is 1. The highest BCUT2D eigenvalue weighted by atomic mass is 16.5. The second kappa shape index (κ2) is 7.44. The van der Waals surface area contributed by atoms with Crippen LogP contribution in [0.15, 0.2) is 24.5 Å². The van der Waals surface area contributed by atoms with Gasteiger partial charge in [0.05, 0.1) is 12.3 Å². The molecule has 0 aliphatic heterocycles. The molecule has 0 atom stereocenters. The molecule has 2 aromatic rings. The number of carbonyl (C=O) groups excluding carboxylic acids is 1. The zero-order valence-electron chi connectivity index (χ0n) is 12.8. The van der Waals surface area contributed by atoms with Gasteiger partial charge in [-0.05, 0) is 30.0 Å². The zero-order valence-corrected chi connectivity index (χ0v) is 12.8. The quantitative estimate of drug-likeness (QED) is 0.678. The predicted octanol–water partition coefficient (Wildman–Crippen LogP) is 1.99. The summed E-state index contributed by atoms with van der Waals surface area (Å²) in [5.74, 6) is 1.35. The van der Waals surface area contributed by atoms with Crippen LogP contribution in [0.1, 0.15) is 25.8 Å². The van der Waals surface area contributed by atoms with Crippen molar-refractivity contribution in [3.63, 3.8) is 0 Å². The van der Waals surface area contributed by atoms with Gasteiger partial charge in [0.1, 0.15) is 12.1 Å².